The minimum absolute atomic E-state index is 0.342. The highest BCUT2D eigenvalue weighted by Gasteiger charge is 2.33. The quantitative estimate of drug-likeness (QED) is 0.781. The van der Waals surface area contributed by atoms with Gasteiger partial charge in [-0.3, -0.25) is 4.79 Å². The standard InChI is InChI=1S/C15H17Cl2NO3/c1-3-9-15(2,14(20)21)18-13(19)8-7-10-11(16)5-4-6-12(10)17/h4-8H,3,9H2,1-2H3,(H,18,19)(H,20,21)/b8-7+. The molecule has 0 saturated heterocycles. The zero-order valence-electron chi connectivity index (χ0n) is 11.8. The van der Waals surface area contributed by atoms with Crippen molar-refractivity contribution in [3.8, 4) is 0 Å². The van der Waals surface area contributed by atoms with Crippen LogP contribution in [0.1, 0.15) is 32.3 Å². The van der Waals surface area contributed by atoms with Crippen LogP contribution < -0.4 is 5.32 Å². The molecule has 4 nitrogen and oxygen atoms in total. The summed E-state index contributed by atoms with van der Waals surface area (Å²) in [6, 6.07) is 5.01. The molecule has 1 aromatic carbocycles. The summed E-state index contributed by atoms with van der Waals surface area (Å²) >= 11 is 12.0. The van der Waals surface area contributed by atoms with Crippen LogP contribution in [0.15, 0.2) is 24.3 Å². The minimum Gasteiger partial charge on any atom is -0.480 e. The molecule has 1 unspecified atom stereocenters. The molecule has 114 valence electrons. The largest absolute Gasteiger partial charge is 0.480 e. The monoisotopic (exact) mass is 329 g/mol. The highest BCUT2D eigenvalue weighted by atomic mass is 35.5. The lowest BCUT2D eigenvalue weighted by Crippen LogP contribution is -2.51. The lowest BCUT2D eigenvalue weighted by atomic mass is 9.96. The van der Waals surface area contributed by atoms with Gasteiger partial charge in [-0.25, -0.2) is 4.79 Å². The average molecular weight is 330 g/mol. The van der Waals surface area contributed by atoms with Gasteiger partial charge in [-0.2, -0.15) is 0 Å². The summed E-state index contributed by atoms with van der Waals surface area (Å²) in [5.74, 6) is -1.58. The van der Waals surface area contributed by atoms with Crippen LogP contribution in [0.5, 0.6) is 0 Å². The smallest absolute Gasteiger partial charge is 0.329 e. The third-order valence-corrected chi connectivity index (χ3v) is 3.68. The lowest BCUT2D eigenvalue weighted by molar-refractivity contribution is -0.146. The van der Waals surface area contributed by atoms with Crippen LogP contribution in [-0.4, -0.2) is 22.5 Å². The average Bonchev–Trinajstić information content (AvgIpc) is 2.38. The van der Waals surface area contributed by atoms with Crippen molar-refractivity contribution in [2.45, 2.75) is 32.2 Å². The Morgan fingerprint density at radius 3 is 2.38 bits per heavy atom. The lowest BCUT2D eigenvalue weighted by Gasteiger charge is -2.24. The van der Waals surface area contributed by atoms with E-state index >= 15 is 0 Å². The third kappa shape index (κ3) is 4.76. The Kier molecular flexibility index (Phi) is 6.24. The van der Waals surface area contributed by atoms with Crippen molar-refractivity contribution in [3.63, 3.8) is 0 Å². The highest BCUT2D eigenvalue weighted by molar-refractivity contribution is 6.37. The molecule has 0 aliphatic carbocycles. The second-order valence-electron chi connectivity index (χ2n) is 4.85. The van der Waals surface area contributed by atoms with E-state index in [1.54, 1.807) is 18.2 Å². The number of hydrogen-bond donors (Lipinski definition) is 2. The van der Waals surface area contributed by atoms with E-state index in [0.717, 1.165) is 0 Å². The fraction of sp³-hybridized carbons (Fsp3) is 0.333. The molecule has 1 rings (SSSR count). The third-order valence-electron chi connectivity index (χ3n) is 3.02. The van der Waals surface area contributed by atoms with Crippen LogP contribution in [-0.2, 0) is 9.59 Å². The van der Waals surface area contributed by atoms with Crippen LogP contribution in [0.25, 0.3) is 6.08 Å². The molecule has 21 heavy (non-hydrogen) atoms. The predicted molar refractivity (Wildman–Crippen MR) is 84.6 cm³/mol. The van der Waals surface area contributed by atoms with Gasteiger partial charge in [0, 0.05) is 21.7 Å². The van der Waals surface area contributed by atoms with Crippen molar-refractivity contribution < 1.29 is 14.7 Å². The molecule has 1 aromatic rings. The first kappa shape index (κ1) is 17.5. The molecule has 0 heterocycles. The molecule has 6 heteroatoms. The van der Waals surface area contributed by atoms with Gasteiger partial charge in [0.25, 0.3) is 0 Å². The van der Waals surface area contributed by atoms with Crippen LogP contribution >= 0.6 is 23.2 Å². The van der Waals surface area contributed by atoms with E-state index in [-0.39, 0.29) is 0 Å². The number of amides is 1. The summed E-state index contributed by atoms with van der Waals surface area (Å²) in [4.78, 5) is 23.1. The zero-order chi connectivity index (χ0) is 16.0. The number of aliphatic carboxylic acids is 1. The molecule has 0 aliphatic rings. The van der Waals surface area contributed by atoms with Crippen LogP contribution in [0.3, 0.4) is 0 Å². The second kappa shape index (κ2) is 7.48. The van der Waals surface area contributed by atoms with Gasteiger partial charge in [0.15, 0.2) is 0 Å². The van der Waals surface area contributed by atoms with E-state index in [1.165, 1.54) is 19.1 Å². The van der Waals surface area contributed by atoms with Crippen molar-refractivity contribution in [3.05, 3.63) is 39.9 Å². The second-order valence-corrected chi connectivity index (χ2v) is 5.66. The first-order chi connectivity index (χ1) is 9.80. The summed E-state index contributed by atoms with van der Waals surface area (Å²) in [6.07, 6.45) is 3.68. The normalized spacial score (nSPS) is 13.9. The van der Waals surface area contributed by atoms with E-state index in [0.29, 0.717) is 28.5 Å². The number of rotatable bonds is 6. The Balaban J connectivity index is 2.86. The van der Waals surface area contributed by atoms with Gasteiger partial charge in [0.1, 0.15) is 5.54 Å². The molecule has 2 N–H and O–H groups in total. The molecule has 0 fully saturated rings. The number of carboxylic acid groups (broad SMARTS) is 1. The SMILES string of the molecule is CCCC(C)(NC(=O)/C=C/c1c(Cl)cccc1Cl)C(=O)O. The van der Waals surface area contributed by atoms with Crippen molar-refractivity contribution in [2.75, 3.05) is 0 Å². The molecular formula is C15H17Cl2NO3. The Bertz CT molecular complexity index is 552. The molecule has 0 spiro atoms. The van der Waals surface area contributed by atoms with Crippen LogP contribution in [0.2, 0.25) is 10.0 Å². The van der Waals surface area contributed by atoms with Crippen molar-refractivity contribution in [1.82, 2.24) is 5.32 Å². The van der Waals surface area contributed by atoms with Crippen molar-refractivity contribution >= 4 is 41.2 Å². The van der Waals surface area contributed by atoms with Crippen LogP contribution in [0, 0.1) is 0 Å². The Labute approximate surface area is 133 Å². The van der Waals surface area contributed by atoms with Crippen LogP contribution in [0.4, 0.5) is 0 Å². The Morgan fingerprint density at radius 2 is 1.90 bits per heavy atom. The number of carbonyl (C=O) groups is 2. The molecule has 1 amide bonds. The van der Waals surface area contributed by atoms with Gasteiger partial charge in [0.2, 0.25) is 5.91 Å². The number of nitrogens with one attached hydrogen (secondary N) is 1. The van der Waals surface area contributed by atoms with E-state index in [4.69, 9.17) is 23.2 Å². The first-order valence-corrected chi connectivity index (χ1v) is 7.23. The molecular weight excluding hydrogens is 313 g/mol. The summed E-state index contributed by atoms with van der Waals surface area (Å²) < 4.78 is 0. The van der Waals surface area contributed by atoms with E-state index in [9.17, 15) is 14.7 Å². The topological polar surface area (TPSA) is 66.4 Å². The number of benzene rings is 1. The molecule has 0 aliphatic heterocycles. The fourth-order valence-corrected chi connectivity index (χ4v) is 2.39. The molecule has 1 atom stereocenters. The summed E-state index contributed by atoms with van der Waals surface area (Å²) in [7, 11) is 0. The maximum absolute atomic E-state index is 11.9. The summed E-state index contributed by atoms with van der Waals surface area (Å²) in [6.45, 7) is 3.33. The highest BCUT2D eigenvalue weighted by Crippen LogP contribution is 2.25. The number of halogens is 2. The summed E-state index contributed by atoms with van der Waals surface area (Å²) in [5.41, 5.74) is -0.774. The molecule has 0 bridgehead atoms. The number of hydrogen-bond acceptors (Lipinski definition) is 2. The number of carboxylic acids is 1. The summed E-state index contributed by atoms with van der Waals surface area (Å²) in [5, 5.41) is 12.5. The van der Waals surface area contributed by atoms with Gasteiger partial charge < -0.3 is 10.4 Å². The zero-order valence-corrected chi connectivity index (χ0v) is 13.3. The number of carbonyl (C=O) groups excluding carboxylic acids is 1. The Hall–Kier alpha value is -1.52. The fourth-order valence-electron chi connectivity index (χ4n) is 1.87. The maximum atomic E-state index is 11.9. The molecule has 0 radical (unpaired) electrons. The first-order valence-electron chi connectivity index (χ1n) is 6.48. The van der Waals surface area contributed by atoms with Gasteiger partial charge in [-0.1, -0.05) is 42.6 Å². The van der Waals surface area contributed by atoms with E-state index in [2.05, 4.69) is 5.32 Å². The molecule has 0 aromatic heterocycles. The minimum atomic E-state index is -1.29. The van der Waals surface area contributed by atoms with Gasteiger partial charge in [-0.05, 0) is 31.6 Å². The van der Waals surface area contributed by atoms with E-state index < -0.39 is 17.4 Å². The maximum Gasteiger partial charge on any atom is 0.329 e. The van der Waals surface area contributed by atoms with Gasteiger partial charge in [-0.15, -0.1) is 0 Å². The van der Waals surface area contributed by atoms with Crippen molar-refractivity contribution in [1.29, 1.82) is 0 Å². The van der Waals surface area contributed by atoms with Gasteiger partial charge >= 0.3 is 5.97 Å². The van der Waals surface area contributed by atoms with Crippen molar-refractivity contribution in [2.24, 2.45) is 0 Å². The Morgan fingerprint density at radius 1 is 1.33 bits per heavy atom. The van der Waals surface area contributed by atoms with Gasteiger partial charge in [0.05, 0.1) is 0 Å². The van der Waals surface area contributed by atoms with E-state index in [1.807, 2.05) is 6.92 Å². The molecule has 0 saturated carbocycles. The predicted octanol–water partition coefficient (Wildman–Crippen LogP) is 3.77.